The summed E-state index contributed by atoms with van der Waals surface area (Å²) in [6.07, 6.45) is 1.32. The number of pyridine rings is 1. The molecule has 1 unspecified atom stereocenters. The molecule has 1 atom stereocenters. The second-order valence-electron chi connectivity index (χ2n) is 5.73. The van der Waals surface area contributed by atoms with Gasteiger partial charge in [0.05, 0.1) is 5.56 Å². The number of aromatic nitrogens is 1. The number of ketones is 1. The first-order valence-electron chi connectivity index (χ1n) is 6.87. The van der Waals surface area contributed by atoms with Gasteiger partial charge in [-0.15, -0.1) is 0 Å². The fraction of sp³-hybridized carbons (Fsp3) is 0.600. The number of hydrogen-bond donors (Lipinski definition) is 2. The van der Waals surface area contributed by atoms with E-state index in [-0.39, 0.29) is 23.8 Å². The minimum absolute atomic E-state index is 0.0181. The fourth-order valence-corrected chi connectivity index (χ4v) is 1.57. The van der Waals surface area contributed by atoms with E-state index in [1.807, 2.05) is 20.8 Å². The number of Topliss-reactive ketones (excluding diaryl/α,β-unsaturated/α-hetero) is 1. The highest BCUT2D eigenvalue weighted by Crippen LogP contribution is 2.16. The van der Waals surface area contributed by atoms with Crippen LogP contribution in [0, 0.1) is 0 Å². The van der Waals surface area contributed by atoms with Gasteiger partial charge in [-0.3, -0.25) is 4.79 Å². The highest BCUT2D eigenvalue weighted by atomic mass is 16.5. The first-order chi connectivity index (χ1) is 9.33. The Morgan fingerprint density at radius 1 is 1.50 bits per heavy atom. The van der Waals surface area contributed by atoms with E-state index in [2.05, 4.69) is 10.3 Å². The van der Waals surface area contributed by atoms with Crippen molar-refractivity contribution in [1.29, 1.82) is 0 Å². The van der Waals surface area contributed by atoms with Gasteiger partial charge < -0.3 is 15.2 Å². The highest BCUT2D eigenvalue weighted by Gasteiger charge is 2.15. The number of β-amino-alcohol motifs (C(OH)–C–C–N with tert-alkyl or cyclic N) is 1. The Kier molecular flexibility index (Phi) is 6.10. The highest BCUT2D eigenvalue weighted by molar-refractivity contribution is 5.97. The molecule has 0 bridgehead atoms. The van der Waals surface area contributed by atoms with Crippen LogP contribution in [0.25, 0.3) is 0 Å². The van der Waals surface area contributed by atoms with Crippen molar-refractivity contribution in [3.05, 3.63) is 23.9 Å². The largest absolute Gasteiger partial charge is 0.474 e. The third-order valence-electron chi connectivity index (χ3n) is 2.67. The van der Waals surface area contributed by atoms with Crippen molar-refractivity contribution < 1.29 is 14.6 Å². The lowest BCUT2D eigenvalue weighted by atomic mass is 10.1. The number of ether oxygens (including phenoxy) is 1. The van der Waals surface area contributed by atoms with Crippen molar-refractivity contribution in [2.75, 3.05) is 13.2 Å². The molecule has 0 aliphatic heterocycles. The molecule has 0 aliphatic carbocycles. The molecule has 5 heteroatoms. The van der Waals surface area contributed by atoms with E-state index >= 15 is 0 Å². The maximum Gasteiger partial charge on any atom is 0.224 e. The van der Waals surface area contributed by atoms with Crippen molar-refractivity contribution in [2.24, 2.45) is 0 Å². The number of hydrogen-bond acceptors (Lipinski definition) is 5. The Bertz CT molecular complexity index is 441. The standard InChI is InChI=1S/C15H24N2O3/c1-5-13(19)12-7-6-8-16-14(12)20-10-11(18)9-17-15(2,3)4/h6-8,11,17-18H,5,9-10H2,1-4H3. The molecule has 2 N–H and O–H groups in total. The second-order valence-corrected chi connectivity index (χ2v) is 5.73. The normalized spacial score (nSPS) is 13.1. The van der Waals surface area contributed by atoms with E-state index in [1.165, 1.54) is 0 Å². The van der Waals surface area contributed by atoms with Crippen molar-refractivity contribution in [2.45, 2.75) is 45.8 Å². The SMILES string of the molecule is CCC(=O)c1cccnc1OCC(O)CNC(C)(C)C. The number of carbonyl (C=O) groups is 1. The first kappa shape index (κ1) is 16.6. The third kappa shape index (κ3) is 5.67. The smallest absolute Gasteiger partial charge is 0.224 e. The first-order valence-corrected chi connectivity index (χ1v) is 6.87. The van der Waals surface area contributed by atoms with Gasteiger partial charge in [0.2, 0.25) is 5.88 Å². The number of aliphatic hydroxyl groups excluding tert-OH is 1. The van der Waals surface area contributed by atoms with Gasteiger partial charge in [-0.25, -0.2) is 4.98 Å². The lowest BCUT2D eigenvalue weighted by Crippen LogP contribution is -2.42. The molecule has 0 saturated carbocycles. The Morgan fingerprint density at radius 3 is 2.80 bits per heavy atom. The Morgan fingerprint density at radius 2 is 2.20 bits per heavy atom. The number of nitrogens with zero attached hydrogens (tertiary/aromatic N) is 1. The molecule has 1 heterocycles. The minimum atomic E-state index is -0.652. The van der Waals surface area contributed by atoms with E-state index in [9.17, 15) is 9.90 Å². The summed E-state index contributed by atoms with van der Waals surface area (Å²) in [6, 6.07) is 3.39. The van der Waals surface area contributed by atoms with Gasteiger partial charge in [0, 0.05) is 24.7 Å². The summed E-state index contributed by atoms with van der Waals surface area (Å²) in [4.78, 5) is 15.8. The van der Waals surface area contributed by atoms with Gasteiger partial charge in [-0.05, 0) is 32.9 Å². The minimum Gasteiger partial charge on any atom is -0.474 e. The molecule has 1 aromatic rings. The van der Waals surface area contributed by atoms with Crippen LogP contribution in [0.2, 0.25) is 0 Å². The van der Waals surface area contributed by atoms with Crippen molar-refractivity contribution in [3.8, 4) is 5.88 Å². The zero-order valence-corrected chi connectivity index (χ0v) is 12.6. The summed E-state index contributed by atoms with van der Waals surface area (Å²) in [5.41, 5.74) is 0.404. The third-order valence-corrected chi connectivity index (χ3v) is 2.67. The molecular formula is C15H24N2O3. The second kappa shape index (κ2) is 7.36. The fourth-order valence-electron chi connectivity index (χ4n) is 1.57. The maximum atomic E-state index is 11.7. The molecule has 0 saturated heterocycles. The van der Waals surface area contributed by atoms with Crippen molar-refractivity contribution in [1.82, 2.24) is 10.3 Å². The summed E-state index contributed by atoms with van der Waals surface area (Å²) in [6.45, 7) is 8.39. The van der Waals surface area contributed by atoms with E-state index in [1.54, 1.807) is 25.3 Å². The predicted molar refractivity (Wildman–Crippen MR) is 78.1 cm³/mol. The topological polar surface area (TPSA) is 71.5 Å². The molecule has 1 rings (SSSR count). The number of aliphatic hydroxyl groups is 1. The van der Waals surface area contributed by atoms with Gasteiger partial charge in [0.25, 0.3) is 0 Å². The van der Waals surface area contributed by atoms with Gasteiger partial charge in [0.15, 0.2) is 5.78 Å². The lowest BCUT2D eigenvalue weighted by molar-refractivity contribution is 0.0922. The zero-order valence-electron chi connectivity index (χ0n) is 12.6. The molecule has 0 radical (unpaired) electrons. The van der Waals surface area contributed by atoms with E-state index in [4.69, 9.17) is 4.74 Å². The van der Waals surface area contributed by atoms with Crippen molar-refractivity contribution >= 4 is 5.78 Å². The molecule has 0 fully saturated rings. The molecule has 20 heavy (non-hydrogen) atoms. The zero-order chi connectivity index (χ0) is 15.2. The van der Waals surface area contributed by atoms with Gasteiger partial charge >= 0.3 is 0 Å². The number of rotatable bonds is 7. The Hall–Kier alpha value is -1.46. The summed E-state index contributed by atoms with van der Waals surface area (Å²) >= 11 is 0. The lowest BCUT2D eigenvalue weighted by Gasteiger charge is -2.23. The molecule has 0 spiro atoms. The molecular weight excluding hydrogens is 256 g/mol. The van der Waals surface area contributed by atoms with Crippen LogP contribution >= 0.6 is 0 Å². The van der Waals surface area contributed by atoms with Gasteiger partial charge in [-0.1, -0.05) is 6.92 Å². The molecule has 5 nitrogen and oxygen atoms in total. The molecule has 112 valence electrons. The van der Waals surface area contributed by atoms with Crippen LogP contribution in [0.15, 0.2) is 18.3 Å². The summed E-state index contributed by atoms with van der Waals surface area (Å²) < 4.78 is 5.47. The summed E-state index contributed by atoms with van der Waals surface area (Å²) in [5.74, 6) is 0.268. The van der Waals surface area contributed by atoms with Crippen LogP contribution in [0.3, 0.4) is 0 Å². The van der Waals surface area contributed by atoms with Crippen LogP contribution in [-0.2, 0) is 0 Å². The Balaban J connectivity index is 2.55. The van der Waals surface area contributed by atoms with Crippen molar-refractivity contribution in [3.63, 3.8) is 0 Å². The summed E-state index contributed by atoms with van der Waals surface area (Å²) in [7, 11) is 0. The van der Waals surface area contributed by atoms with E-state index in [0.29, 0.717) is 18.5 Å². The van der Waals surface area contributed by atoms with E-state index in [0.717, 1.165) is 0 Å². The summed E-state index contributed by atoms with van der Waals surface area (Å²) in [5, 5.41) is 13.0. The van der Waals surface area contributed by atoms with Crippen LogP contribution in [-0.4, -0.2) is 40.7 Å². The average molecular weight is 280 g/mol. The molecule has 1 aromatic heterocycles. The molecule has 0 aliphatic rings. The predicted octanol–water partition coefficient (Wildman–Crippen LogP) is 1.80. The van der Waals surface area contributed by atoms with Crippen LogP contribution in [0.4, 0.5) is 0 Å². The van der Waals surface area contributed by atoms with Crippen LogP contribution in [0.5, 0.6) is 5.88 Å². The quantitative estimate of drug-likeness (QED) is 0.745. The van der Waals surface area contributed by atoms with Crippen LogP contribution in [0.1, 0.15) is 44.5 Å². The maximum absolute atomic E-state index is 11.7. The average Bonchev–Trinajstić information content (AvgIpc) is 2.41. The van der Waals surface area contributed by atoms with E-state index < -0.39 is 6.10 Å². The number of nitrogens with one attached hydrogen (secondary N) is 1. The Labute approximate surface area is 120 Å². The number of carbonyl (C=O) groups excluding carboxylic acids is 1. The monoisotopic (exact) mass is 280 g/mol. The molecule has 0 aromatic carbocycles. The van der Waals surface area contributed by atoms with Gasteiger partial charge in [-0.2, -0.15) is 0 Å². The molecule has 0 amide bonds. The van der Waals surface area contributed by atoms with Crippen LogP contribution < -0.4 is 10.1 Å². The van der Waals surface area contributed by atoms with Gasteiger partial charge in [0.1, 0.15) is 12.7 Å².